The molecule has 1 aromatic rings. The van der Waals surface area contributed by atoms with E-state index in [0.717, 1.165) is 70.8 Å². The second kappa shape index (κ2) is 8.15. The average molecular weight is 405 g/mol. The van der Waals surface area contributed by atoms with Gasteiger partial charge in [0.05, 0.1) is 10.8 Å². The van der Waals surface area contributed by atoms with Crippen LogP contribution in [0.2, 0.25) is 0 Å². The van der Waals surface area contributed by atoms with E-state index in [0.29, 0.717) is 11.4 Å². The van der Waals surface area contributed by atoms with Gasteiger partial charge in [0, 0.05) is 26.2 Å². The lowest BCUT2D eigenvalue weighted by molar-refractivity contribution is -0.135. The molecule has 4 rings (SSSR count). The Hall–Kier alpha value is -1.40. The Morgan fingerprint density at radius 3 is 2.46 bits per heavy atom. The van der Waals surface area contributed by atoms with Gasteiger partial charge in [-0.3, -0.25) is 4.79 Å². The lowest BCUT2D eigenvalue weighted by atomic mass is 10.0. The normalized spacial score (nSPS) is 27.3. The van der Waals surface area contributed by atoms with Crippen LogP contribution in [0.1, 0.15) is 62.5 Å². The van der Waals surface area contributed by atoms with Gasteiger partial charge < -0.3 is 4.90 Å². The number of fused-ring (bicyclic) bond motifs is 2. The first-order valence-corrected chi connectivity index (χ1v) is 12.3. The largest absolute Gasteiger partial charge is 0.345 e. The van der Waals surface area contributed by atoms with Crippen LogP contribution in [0, 0.1) is 5.92 Å². The molecule has 1 aliphatic heterocycles. The van der Waals surface area contributed by atoms with Gasteiger partial charge in [0.25, 0.3) is 0 Å². The fourth-order valence-electron chi connectivity index (χ4n) is 5.24. The summed E-state index contributed by atoms with van der Waals surface area (Å²) in [5, 5.41) is 0. The third-order valence-corrected chi connectivity index (χ3v) is 8.76. The number of aryl methyl sites for hydroxylation is 2. The zero-order valence-corrected chi connectivity index (χ0v) is 17.7. The first-order chi connectivity index (χ1) is 13.5. The van der Waals surface area contributed by atoms with E-state index in [4.69, 9.17) is 0 Å². The quantitative estimate of drug-likeness (QED) is 0.759. The smallest absolute Gasteiger partial charge is 0.243 e. The summed E-state index contributed by atoms with van der Waals surface area (Å²) < 4.78 is 29.0. The topological polar surface area (TPSA) is 57.7 Å². The van der Waals surface area contributed by atoms with E-state index in [-0.39, 0.29) is 17.9 Å². The van der Waals surface area contributed by atoms with Gasteiger partial charge in [0.2, 0.25) is 15.9 Å². The van der Waals surface area contributed by atoms with Crippen molar-refractivity contribution >= 4 is 15.9 Å². The highest BCUT2D eigenvalue weighted by Gasteiger charge is 2.43. The fraction of sp³-hybridized carbons (Fsp3) is 0.682. The van der Waals surface area contributed by atoms with Crippen LogP contribution >= 0.6 is 0 Å². The number of benzene rings is 1. The number of hydrogen-bond donors (Lipinski definition) is 0. The predicted octanol–water partition coefficient (Wildman–Crippen LogP) is 3.37. The maximum atomic E-state index is 13.7. The minimum Gasteiger partial charge on any atom is -0.345 e. The molecule has 1 saturated carbocycles. The van der Waals surface area contributed by atoms with Crippen LogP contribution in [0.3, 0.4) is 0 Å². The number of nitrogens with zero attached hydrogens (tertiary/aromatic N) is 2. The van der Waals surface area contributed by atoms with E-state index in [1.54, 1.807) is 10.4 Å². The summed E-state index contributed by atoms with van der Waals surface area (Å²) in [5.41, 5.74) is 2.46. The minimum absolute atomic E-state index is 0.124. The molecule has 2 fully saturated rings. The monoisotopic (exact) mass is 404 g/mol. The molecule has 6 heteroatoms. The highest BCUT2D eigenvalue weighted by molar-refractivity contribution is 7.89. The van der Waals surface area contributed by atoms with Crippen molar-refractivity contribution in [3.63, 3.8) is 0 Å². The Kier molecular flexibility index (Phi) is 5.79. The van der Waals surface area contributed by atoms with E-state index < -0.39 is 10.0 Å². The Balaban J connectivity index is 1.68. The van der Waals surface area contributed by atoms with Crippen LogP contribution in [0.25, 0.3) is 0 Å². The molecule has 0 aromatic heterocycles. The van der Waals surface area contributed by atoms with Gasteiger partial charge in [0.1, 0.15) is 0 Å². The van der Waals surface area contributed by atoms with Crippen LogP contribution in [-0.4, -0.2) is 49.7 Å². The Bertz CT molecular complexity index is 836. The number of amides is 1. The van der Waals surface area contributed by atoms with Gasteiger partial charge in [-0.25, -0.2) is 8.42 Å². The van der Waals surface area contributed by atoms with Crippen molar-refractivity contribution in [2.24, 2.45) is 5.92 Å². The standard InChI is InChI=1S/C22H32N2O3S/c1-23-14-4-2-3-5-15-24(21-11-7-10-20(21)22(23)25)28(26,27)19-13-12-17-8-6-9-18(17)16-19/h12-13,16,20-21H,2-11,14-15H2,1H3. The first kappa shape index (κ1) is 19.9. The summed E-state index contributed by atoms with van der Waals surface area (Å²) >= 11 is 0. The minimum atomic E-state index is -3.60. The fourth-order valence-corrected chi connectivity index (χ4v) is 7.03. The molecule has 1 saturated heterocycles. The zero-order valence-electron chi connectivity index (χ0n) is 16.9. The highest BCUT2D eigenvalue weighted by Crippen LogP contribution is 2.36. The molecular weight excluding hydrogens is 372 g/mol. The number of hydrogen-bond acceptors (Lipinski definition) is 3. The van der Waals surface area contributed by atoms with E-state index in [1.165, 1.54) is 11.1 Å². The summed E-state index contributed by atoms with van der Waals surface area (Å²) in [4.78, 5) is 15.3. The van der Waals surface area contributed by atoms with Gasteiger partial charge in [-0.2, -0.15) is 4.31 Å². The molecular formula is C22H32N2O3S. The molecule has 0 bridgehead atoms. The van der Waals surface area contributed by atoms with Gasteiger partial charge in [-0.1, -0.05) is 25.3 Å². The maximum Gasteiger partial charge on any atom is 0.243 e. The molecule has 28 heavy (non-hydrogen) atoms. The summed E-state index contributed by atoms with van der Waals surface area (Å²) in [6.07, 6.45) is 9.54. The highest BCUT2D eigenvalue weighted by atomic mass is 32.2. The molecule has 0 spiro atoms. The summed E-state index contributed by atoms with van der Waals surface area (Å²) in [6.45, 7) is 1.30. The van der Waals surface area contributed by atoms with Gasteiger partial charge in [-0.05, 0) is 68.2 Å². The van der Waals surface area contributed by atoms with Gasteiger partial charge in [-0.15, -0.1) is 0 Å². The second-order valence-corrected chi connectivity index (χ2v) is 10.6. The van der Waals surface area contributed by atoms with Crippen molar-refractivity contribution in [1.82, 2.24) is 9.21 Å². The van der Waals surface area contributed by atoms with E-state index >= 15 is 0 Å². The number of carbonyl (C=O) groups excluding carboxylic acids is 1. The third kappa shape index (κ3) is 3.73. The molecule has 2 aliphatic carbocycles. The molecule has 2 atom stereocenters. The molecule has 2 unspecified atom stereocenters. The lowest BCUT2D eigenvalue weighted by Gasteiger charge is -2.33. The SMILES string of the molecule is CN1CCCCCCN(S(=O)(=O)c2ccc3c(c2)CCC3)C2CCCC2C1=O. The third-order valence-electron chi connectivity index (χ3n) is 6.84. The van der Waals surface area contributed by atoms with Gasteiger partial charge in [0.15, 0.2) is 0 Å². The van der Waals surface area contributed by atoms with Crippen molar-refractivity contribution in [1.29, 1.82) is 0 Å². The molecule has 1 aromatic carbocycles. The summed E-state index contributed by atoms with van der Waals surface area (Å²) in [5.74, 6) is -0.0779. The molecule has 5 nitrogen and oxygen atoms in total. The van der Waals surface area contributed by atoms with Crippen LogP contribution in [0.5, 0.6) is 0 Å². The van der Waals surface area contributed by atoms with E-state index in [1.807, 2.05) is 24.1 Å². The van der Waals surface area contributed by atoms with Crippen LogP contribution < -0.4 is 0 Å². The van der Waals surface area contributed by atoms with Crippen molar-refractivity contribution < 1.29 is 13.2 Å². The molecule has 0 radical (unpaired) electrons. The predicted molar refractivity (Wildman–Crippen MR) is 110 cm³/mol. The number of rotatable bonds is 2. The van der Waals surface area contributed by atoms with E-state index in [9.17, 15) is 13.2 Å². The average Bonchev–Trinajstić information content (AvgIpc) is 3.34. The molecule has 1 amide bonds. The zero-order chi connectivity index (χ0) is 19.7. The Morgan fingerprint density at radius 1 is 0.893 bits per heavy atom. The van der Waals surface area contributed by atoms with Gasteiger partial charge >= 0.3 is 0 Å². The number of sulfonamides is 1. The van der Waals surface area contributed by atoms with Crippen molar-refractivity contribution in [2.45, 2.75) is 75.1 Å². The summed E-state index contributed by atoms with van der Waals surface area (Å²) in [6, 6.07) is 5.46. The van der Waals surface area contributed by atoms with Crippen molar-refractivity contribution in [3.05, 3.63) is 29.3 Å². The lowest BCUT2D eigenvalue weighted by Crippen LogP contribution is -2.47. The molecule has 154 valence electrons. The Labute approximate surface area is 169 Å². The van der Waals surface area contributed by atoms with Crippen molar-refractivity contribution in [3.8, 4) is 0 Å². The molecule has 1 heterocycles. The maximum absolute atomic E-state index is 13.7. The van der Waals surface area contributed by atoms with Crippen molar-refractivity contribution in [2.75, 3.05) is 20.1 Å². The number of carbonyl (C=O) groups is 1. The summed E-state index contributed by atoms with van der Waals surface area (Å²) in [7, 11) is -1.73. The second-order valence-electron chi connectivity index (χ2n) is 8.68. The van der Waals surface area contributed by atoms with E-state index in [2.05, 4.69) is 0 Å². The van der Waals surface area contributed by atoms with Crippen LogP contribution in [0.4, 0.5) is 0 Å². The molecule has 3 aliphatic rings. The van der Waals surface area contributed by atoms with Crippen LogP contribution in [-0.2, 0) is 27.7 Å². The first-order valence-electron chi connectivity index (χ1n) is 10.9. The van der Waals surface area contributed by atoms with Crippen LogP contribution in [0.15, 0.2) is 23.1 Å². The molecule has 0 N–H and O–H groups in total. The Morgan fingerprint density at radius 2 is 1.64 bits per heavy atom.